The number of rotatable bonds is 7. The molecule has 0 saturated carbocycles. The second-order valence-corrected chi connectivity index (χ2v) is 6.59. The molecule has 3 rings (SSSR count). The van der Waals surface area contributed by atoms with Gasteiger partial charge in [0.05, 0.1) is 12.1 Å². The fourth-order valence-electron chi connectivity index (χ4n) is 2.90. The molecule has 4 nitrogen and oxygen atoms in total. The van der Waals surface area contributed by atoms with Crippen molar-refractivity contribution in [1.82, 2.24) is 9.88 Å². The number of hydrogen-bond donors (Lipinski definition) is 1. The minimum absolute atomic E-state index is 0.188. The Morgan fingerprint density at radius 2 is 1.92 bits per heavy atom. The lowest BCUT2D eigenvalue weighted by molar-refractivity contribution is 0.139. The molecule has 0 fully saturated rings. The molecule has 0 saturated heterocycles. The van der Waals surface area contributed by atoms with E-state index < -0.39 is 5.82 Å². The molecule has 0 bridgehead atoms. The Kier molecular flexibility index (Phi) is 6.04. The fraction of sp³-hybridized carbons (Fsp3) is 0.250. The first-order valence-corrected chi connectivity index (χ1v) is 8.71. The number of aromatic nitrogens is 1. The SMILES string of the molecule is COCCN(Cc1ccc(Cl)cc1)Cc1cc(=O)c2cccc(F)c2[nH]1. The first-order chi connectivity index (χ1) is 12.6. The maximum absolute atomic E-state index is 14.1. The molecule has 1 heterocycles. The molecule has 0 unspecified atom stereocenters. The Labute approximate surface area is 156 Å². The molecule has 0 amide bonds. The molecule has 2 aromatic carbocycles. The van der Waals surface area contributed by atoms with E-state index >= 15 is 0 Å². The third-order valence-corrected chi connectivity index (χ3v) is 4.45. The highest BCUT2D eigenvalue weighted by Gasteiger charge is 2.11. The molecular formula is C20H20ClFN2O2. The van der Waals surface area contributed by atoms with Gasteiger partial charge in [0.25, 0.3) is 0 Å². The van der Waals surface area contributed by atoms with Gasteiger partial charge in [-0.05, 0) is 29.8 Å². The van der Waals surface area contributed by atoms with E-state index in [1.165, 1.54) is 18.2 Å². The predicted octanol–water partition coefficient (Wildman–Crippen LogP) is 3.97. The molecule has 6 heteroatoms. The van der Waals surface area contributed by atoms with Gasteiger partial charge in [0.15, 0.2) is 5.43 Å². The molecule has 0 spiro atoms. The van der Waals surface area contributed by atoms with Gasteiger partial charge in [-0.25, -0.2) is 4.39 Å². The molecule has 0 aliphatic heterocycles. The summed E-state index contributed by atoms with van der Waals surface area (Å²) in [6.45, 7) is 2.37. The maximum atomic E-state index is 14.1. The van der Waals surface area contributed by atoms with Crippen molar-refractivity contribution in [2.75, 3.05) is 20.3 Å². The van der Waals surface area contributed by atoms with Crippen molar-refractivity contribution < 1.29 is 9.13 Å². The molecule has 1 N–H and O–H groups in total. The third kappa shape index (κ3) is 4.49. The Balaban J connectivity index is 1.86. The largest absolute Gasteiger partial charge is 0.383 e. The molecule has 136 valence electrons. The Hall–Kier alpha value is -2.21. The molecule has 0 radical (unpaired) electrons. The van der Waals surface area contributed by atoms with Crippen molar-refractivity contribution in [3.8, 4) is 0 Å². The van der Waals surface area contributed by atoms with Crippen LogP contribution >= 0.6 is 11.6 Å². The number of methoxy groups -OCH3 is 1. The maximum Gasteiger partial charge on any atom is 0.189 e. The number of aromatic amines is 1. The van der Waals surface area contributed by atoms with E-state index in [4.69, 9.17) is 16.3 Å². The van der Waals surface area contributed by atoms with E-state index in [0.717, 1.165) is 5.56 Å². The van der Waals surface area contributed by atoms with Crippen LogP contribution in [0.4, 0.5) is 4.39 Å². The lowest BCUT2D eigenvalue weighted by atomic mass is 10.1. The molecule has 26 heavy (non-hydrogen) atoms. The Bertz CT molecular complexity index is 941. The van der Waals surface area contributed by atoms with Gasteiger partial charge >= 0.3 is 0 Å². The van der Waals surface area contributed by atoms with Crippen LogP contribution in [0.5, 0.6) is 0 Å². The third-order valence-electron chi connectivity index (χ3n) is 4.19. The molecule has 1 aromatic heterocycles. The van der Waals surface area contributed by atoms with E-state index in [-0.39, 0.29) is 10.9 Å². The van der Waals surface area contributed by atoms with Crippen LogP contribution < -0.4 is 5.43 Å². The number of hydrogen-bond acceptors (Lipinski definition) is 3. The quantitative estimate of drug-likeness (QED) is 0.680. The minimum atomic E-state index is -0.428. The summed E-state index contributed by atoms with van der Waals surface area (Å²) >= 11 is 5.94. The van der Waals surface area contributed by atoms with Crippen LogP contribution in [0.25, 0.3) is 10.9 Å². The smallest absolute Gasteiger partial charge is 0.189 e. The number of benzene rings is 2. The van der Waals surface area contributed by atoms with Gasteiger partial charge in [-0.2, -0.15) is 0 Å². The van der Waals surface area contributed by atoms with Crippen molar-refractivity contribution in [3.63, 3.8) is 0 Å². The summed E-state index contributed by atoms with van der Waals surface area (Å²) in [4.78, 5) is 17.5. The average molecular weight is 375 g/mol. The zero-order valence-electron chi connectivity index (χ0n) is 14.5. The van der Waals surface area contributed by atoms with Crippen LogP contribution in [0.3, 0.4) is 0 Å². The van der Waals surface area contributed by atoms with E-state index in [2.05, 4.69) is 9.88 Å². The Morgan fingerprint density at radius 1 is 1.15 bits per heavy atom. The van der Waals surface area contributed by atoms with Crippen LogP contribution in [0.1, 0.15) is 11.3 Å². The van der Waals surface area contributed by atoms with Crippen LogP contribution in [-0.4, -0.2) is 30.1 Å². The van der Waals surface area contributed by atoms with Gasteiger partial charge in [-0.3, -0.25) is 9.69 Å². The van der Waals surface area contributed by atoms with Crippen LogP contribution in [0, 0.1) is 5.82 Å². The van der Waals surface area contributed by atoms with Crippen LogP contribution in [-0.2, 0) is 17.8 Å². The number of para-hydroxylation sites is 1. The fourth-order valence-corrected chi connectivity index (χ4v) is 3.02. The molecule has 0 aliphatic carbocycles. The summed E-state index contributed by atoms with van der Waals surface area (Å²) in [5.74, 6) is -0.428. The normalized spacial score (nSPS) is 11.4. The number of nitrogens with one attached hydrogen (secondary N) is 1. The van der Waals surface area contributed by atoms with Crippen molar-refractivity contribution in [3.05, 3.63) is 80.9 Å². The summed E-state index contributed by atoms with van der Waals surface area (Å²) in [5, 5.41) is 1.04. The molecular weight excluding hydrogens is 355 g/mol. The highest BCUT2D eigenvalue weighted by molar-refractivity contribution is 6.30. The number of ether oxygens (including phenoxy) is 1. The summed E-state index contributed by atoms with van der Waals surface area (Å²) in [5.41, 5.74) is 1.82. The minimum Gasteiger partial charge on any atom is -0.383 e. The number of nitrogens with zero attached hydrogens (tertiary/aromatic N) is 1. The first kappa shape index (κ1) is 18.6. The van der Waals surface area contributed by atoms with Gasteiger partial charge in [0.1, 0.15) is 5.82 Å². The zero-order chi connectivity index (χ0) is 18.5. The summed E-state index contributed by atoms with van der Waals surface area (Å²) in [6.07, 6.45) is 0. The van der Waals surface area contributed by atoms with Gasteiger partial charge in [0.2, 0.25) is 0 Å². The predicted molar refractivity (Wildman–Crippen MR) is 102 cm³/mol. The average Bonchev–Trinajstić information content (AvgIpc) is 2.62. The summed E-state index contributed by atoms with van der Waals surface area (Å²) in [7, 11) is 1.65. The topological polar surface area (TPSA) is 45.3 Å². The number of halogens is 2. The monoisotopic (exact) mass is 374 g/mol. The molecule has 0 atom stereocenters. The van der Waals surface area contributed by atoms with E-state index in [9.17, 15) is 9.18 Å². The standard InChI is InChI=1S/C20H20ClFN2O2/c1-26-10-9-24(12-14-5-7-15(21)8-6-14)13-16-11-19(25)17-3-2-4-18(22)20(17)23-16/h2-8,11H,9-10,12-13H2,1H3,(H,23,25). The first-order valence-electron chi connectivity index (χ1n) is 8.33. The van der Waals surface area contributed by atoms with Crippen molar-refractivity contribution in [2.45, 2.75) is 13.1 Å². The highest BCUT2D eigenvalue weighted by Crippen LogP contribution is 2.15. The molecule has 3 aromatic rings. The van der Waals surface area contributed by atoms with Gasteiger partial charge in [0, 0.05) is 48.9 Å². The number of pyridine rings is 1. The Morgan fingerprint density at radius 3 is 2.65 bits per heavy atom. The summed E-state index contributed by atoms with van der Waals surface area (Å²) in [6, 6.07) is 13.7. The lowest BCUT2D eigenvalue weighted by Crippen LogP contribution is -2.27. The number of H-pyrrole nitrogens is 1. The summed E-state index contributed by atoms with van der Waals surface area (Å²) < 4.78 is 19.2. The van der Waals surface area contributed by atoms with Gasteiger partial charge in [-0.1, -0.05) is 29.8 Å². The number of fused-ring (bicyclic) bond motifs is 1. The second-order valence-electron chi connectivity index (χ2n) is 6.15. The lowest BCUT2D eigenvalue weighted by Gasteiger charge is -2.22. The van der Waals surface area contributed by atoms with Crippen LogP contribution in [0.2, 0.25) is 5.02 Å². The van der Waals surface area contributed by atoms with E-state index in [0.29, 0.717) is 42.3 Å². The van der Waals surface area contributed by atoms with E-state index in [1.807, 2.05) is 24.3 Å². The van der Waals surface area contributed by atoms with Gasteiger partial charge < -0.3 is 9.72 Å². The second kappa shape index (κ2) is 8.45. The van der Waals surface area contributed by atoms with Crippen molar-refractivity contribution in [1.29, 1.82) is 0 Å². The highest BCUT2D eigenvalue weighted by atomic mass is 35.5. The zero-order valence-corrected chi connectivity index (χ0v) is 15.2. The van der Waals surface area contributed by atoms with Crippen molar-refractivity contribution in [2.24, 2.45) is 0 Å². The molecule has 0 aliphatic rings. The van der Waals surface area contributed by atoms with E-state index in [1.54, 1.807) is 13.2 Å². The van der Waals surface area contributed by atoms with Crippen LogP contribution in [0.15, 0.2) is 53.3 Å². The van der Waals surface area contributed by atoms with Gasteiger partial charge in [-0.15, -0.1) is 0 Å². The van der Waals surface area contributed by atoms with Crippen molar-refractivity contribution >= 4 is 22.5 Å².